The molecular weight excluding hydrogens is 188 g/mol. The first kappa shape index (κ1) is 9.33. The lowest BCUT2D eigenvalue weighted by atomic mass is 9.95. The Morgan fingerprint density at radius 3 is 3.07 bits per heavy atom. The topological polar surface area (TPSA) is 53.6 Å². The number of aromatic nitrogens is 3. The fraction of sp³-hybridized carbons (Fsp3) is 0.818. The van der Waals surface area contributed by atoms with Crippen LogP contribution in [0.5, 0.6) is 0 Å². The van der Waals surface area contributed by atoms with E-state index in [0.29, 0.717) is 0 Å². The van der Waals surface area contributed by atoms with E-state index in [4.69, 9.17) is 0 Å². The van der Waals surface area contributed by atoms with Gasteiger partial charge in [0, 0.05) is 19.0 Å². The van der Waals surface area contributed by atoms with Gasteiger partial charge in [0.1, 0.15) is 12.2 Å². The van der Waals surface area contributed by atoms with Gasteiger partial charge in [0.2, 0.25) is 0 Å². The van der Waals surface area contributed by atoms with E-state index in [1.165, 1.54) is 25.7 Å². The van der Waals surface area contributed by atoms with E-state index in [2.05, 4.69) is 20.5 Å². The summed E-state index contributed by atoms with van der Waals surface area (Å²) in [5, 5.41) is 10.4. The molecule has 0 saturated heterocycles. The average Bonchev–Trinajstić information content (AvgIpc) is 2.93. The van der Waals surface area contributed by atoms with Gasteiger partial charge in [-0.25, -0.2) is 4.98 Å². The number of aromatic amines is 1. The van der Waals surface area contributed by atoms with Crippen LogP contribution in [0, 0.1) is 11.8 Å². The van der Waals surface area contributed by atoms with E-state index in [9.17, 15) is 0 Å². The first-order chi connectivity index (χ1) is 7.42. The minimum Gasteiger partial charge on any atom is -0.313 e. The number of hydrogen-bond acceptors (Lipinski definition) is 3. The second-order valence-corrected chi connectivity index (χ2v) is 4.92. The molecule has 2 aliphatic rings. The summed E-state index contributed by atoms with van der Waals surface area (Å²) in [5.74, 6) is 2.98. The largest absolute Gasteiger partial charge is 0.313 e. The minimum atomic E-state index is 0.784. The van der Waals surface area contributed by atoms with Crippen LogP contribution in [0.15, 0.2) is 6.33 Å². The molecule has 0 amide bonds. The lowest BCUT2D eigenvalue weighted by Gasteiger charge is -2.22. The maximum atomic E-state index is 4.12. The first-order valence-corrected chi connectivity index (χ1v) is 5.99. The first-order valence-electron chi connectivity index (χ1n) is 5.99. The van der Waals surface area contributed by atoms with Crippen LogP contribution < -0.4 is 5.32 Å². The van der Waals surface area contributed by atoms with E-state index in [1.54, 1.807) is 6.33 Å². The maximum absolute atomic E-state index is 4.12. The molecule has 2 saturated carbocycles. The third-order valence-electron chi connectivity index (χ3n) is 3.97. The molecule has 1 aromatic rings. The van der Waals surface area contributed by atoms with Crippen molar-refractivity contribution in [2.24, 2.45) is 11.8 Å². The Bertz CT molecular complexity index is 308. The zero-order valence-electron chi connectivity index (χ0n) is 8.95. The molecule has 3 rings (SSSR count). The van der Waals surface area contributed by atoms with Gasteiger partial charge >= 0.3 is 0 Å². The summed E-state index contributed by atoms with van der Waals surface area (Å²) < 4.78 is 0. The molecule has 0 aromatic carbocycles. The van der Waals surface area contributed by atoms with Crippen LogP contribution in [0.1, 0.15) is 31.5 Å². The lowest BCUT2D eigenvalue weighted by molar-refractivity contribution is 0.353. The lowest BCUT2D eigenvalue weighted by Crippen LogP contribution is -2.35. The van der Waals surface area contributed by atoms with Gasteiger partial charge in [-0.2, -0.15) is 5.10 Å². The van der Waals surface area contributed by atoms with Gasteiger partial charge < -0.3 is 5.32 Å². The molecule has 2 fully saturated rings. The number of nitrogens with one attached hydrogen (secondary N) is 2. The van der Waals surface area contributed by atoms with Gasteiger partial charge in [0.15, 0.2) is 0 Å². The van der Waals surface area contributed by atoms with Crippen molar-refractivity contribution < 1.29 is 0 Å². The summed E-state index contributed by atoms with van der Waals surface area (Å²) in [4.78, 5) is 4.12. The highest BCUT2D eigenvalue weighted by Gasteiger charge is 2.38. The molecule has 3 atom stereocenters. The Balaban J connectivity index is 1.43. The summed E-state index contributed by atoms with van der Waals surface area (Å²) in [6.45, 7) is 1.03. The highest BCUT2D eigenvalue weighted by atomic mass is 15.2. The predicted molar refractivity (Wildman–Crippen MR) is 57.3 cm³/mol. The summed E-state index contributed by atoms with van der Waals surface area (Å²) in [6, 6.07) is 0.784. The molecule has 4 nitrogen and oxygen atoms in total. The van der Waals surface area contributed by atoms with Crippen LogP contribution in [0.25, 0.3) is 0 Å². The Kier molecular flexibility index (Phi) is 2.44. The Hall–Kier alpha value is -0.900. The van der Waals surface area contributed by atoms with Crippen LogP contribution in [0.3, 0.4) is 0 Å². The zero-order chi connectivity index (χ0) is 10.1. The van der Waals surface area contributed by atoms with E-state index < -0.39 is 0 Å². The molecule has 4 heteroatoms. The second-order valence-electron chi connectivity index (χ2n) is 4.92. The predicted octanol–water partition coefficient (Wildman–Crippen LogP) is 1.13. The van der Waals surface area contributed by atoms with Crippen LogP contribution in [0.2, 0.25) is 0 Å². The molecule has 3 unspecified atom stereocenters. The molecule has 82 valence electrons. The molecule has 1 aromatic heterocycles. The quantitative estimate of drug-likeness (QED) is 0.776. The smallest absolute Gasteiger partial charge is 0.137 e. The molecule has 0 radical (unpaired) electrons. The summed E-state index contributed by atoms with van der Waals surface area (Å²) in [6.07, 6.45) is 8.34. The van der Waals surface area contributed by atoms with Gasteiger partial charge in [-0.15, -0.1) is 0 Å². The molecule has 2 N–H and O–H groups in total. The third-order valence-corrected chi connectivity index (χ3v) is 3.97. The number of hydrogen-bond donors (Lipinski definition) is 2. The molecule has 2 aliphatic carbocycles. The monoisotopic (exact) mass is 206 g/mol. The summed E-state index contributed by atoms with van der Waals surface area (Å²) in [7, 11) is 0. The molecule has 15 heavy (non-hydrogen) atoms. The Morgan fingerprint density at radius 1 is 1.40 bits per heavy atom. The van der Waals surface area contributed by atoms with Crippen molar-refractivity contribution >= 4 is 0 Å². The molecular formula is C11H18N4. The van der Waals surface area contributed by atoms with Crippen molar-refractivity contribution in [2.45, 2.75) is 38.1 Å². The van der Waals surface area contributed by atoms with Gasteiger partial charge in [-0.1, -0.05) is 6.42 Å². The average molecular weight is 206 g/mol. The zero-order valence-corrected chi connectivity index (χ0v) is 8.95. The summed E-state index contributed by atoms with van der Waals surface area (Å²) >= 11 is 0. The standard InChI is InChI=1S/C11H18N4/c1-2-9-5-8(1)6-10(9)12-4-3-11-13-7-14-15-11/h7-10,12H,1-6H2,(H,13,14,15). The number of rotatable bonds is 4. The fourth-order valence-electron chi connectivity index (χ4n) is 3.22. The van der Waals surface area contributed by atoms with Crippen molar-refractivity contribution in [3.05, 3.63) is 12.2 Å². The molecule has 0 spiro atoms. The van der Waals surface area contributed by atoms with Crippen molar-refractivity contribution in [3.63, 3.8) is 0 Å². The minimum absolute atomic E-state index is 0.784. The van der Waals surface area contributed by atoms with Crippen LogP contribution in [-0.2, 0) is 6.42 Å². The Labute approximate surface area is 89.9 Å². The van der Waals surface area contributed by atoms with Gasteiger partial charge in [0.25, 0.3) is 0 Å². The SMILES string of the molecule is c1n[nH]c(CCNC2CC3CCC2C3)n1. The molecule has 1 heterocycles. The Morgan fingerprint density at radius 2 is 2.40 bits per heavy atom. The van der Waals surface area contributed by atoms with E-state index >= 15 is 0 Å². The molecule has 2 bridgehead atoms. The van der Waals surface area contributed by atoms with Gasteiger partial charge in [0.05, 0.1) is 0 Å². The summed E-state index contributed by atoms with van der Waals surface area (Å²) in [5.41, 5.74) is 0. The van der Waals surface area contributed by atoms with Gasteiger partial charge in [-0.05, 0) is 31.1 Å². The normalized spacial score (nSPS) is 33.7. The van der Waals surface area contributed by atoms with Crippen molar-refractivity contribution in [1.82, 2.24) is 20.5 Å². The number of fused-ring (bicyclic) bond motifs is 2. The third kappa shape index (κ3) is 1.91. The molecule has 0 aliphatic heterocycles. The van der Waals surface area contributed by atoms with Crippen LogP contribution in [-0.4, -0.2) is 27.8 Å². The highest BCUT2D eigenvalue weighted by Crippen LogP contribution is 2.44. The second kappa shape index (κ2) is 3.93. The van der Waals surface area contributed by atoms with Gasteiger partial charge in [-0.3, -0.25) is 5.10 Å². The van der Waals surface area contributed by atoms with E-state index in [-0.39, 0.29) is 0 Å². The van der Waals surface area contributed by atoms with E-state index in [0.717, 1.165) is 36.7 Å². The van der Waals surface area contributed by atoms with Crippen LogP contribution in [0.4, 0.5) is 0 Å². The van der Waals surface area contributed by atoms with Crippen molar-refractivity contribution in [2.75, 3.05) is 6.54 Å². The maximum Gasteiger partial charge on any atom is 0.137 e. The van der Waals surface area contributed by atoms with Crippen molar-refractivity contribution in [3.8, 4) is 0 Å². The number of H-pyrrole nitrogens is 1. The van der Waals surface area contributed by atoms with E-state index in [1.807, 2.05) is 0 Å². The van der Waals surface area contributed by atoms with Crippen molar-refractivity contribution in [1.29, 1.82) is 0 Å². The highest BCUT2D eigenvalue weighted by molar-refractivity contribution is 4.94. The number of nitrogens with zero attached hydrogens (tertiary/aromatic N) is 2. The fourth-order valence-corrected chi connectivity index (χ4v) is 3.22. The van der Waals surface area contributed by atoms with Crippen LogP contribution >= 0.6 is 0 Å².